The van der Waals surface area contributed by atoms with Crippen LogP contribution in [-0.4, -0.2) is 24.3 Å². The molecule has 1 heterocycles. The maximum Gasteiger partial charge on any atom is 0.291 e. The van der Waals surface area contributed by atoms with E-state index in [1.54, 1.807) is 30.3 Å². The summed E-state index contributed by atoms with van der Waals surface area (Å²) in [5, 5.41) is 15.3. The largest absolute Gasteiger partial charge is 0.550 e. The Kier molecular flexibility index (Phi) is 5.90. The van der Waals surface area contributed by atoms with E-state index in [1.807, 2.05) is 6.07 Å². The number of aliphatic carboxylic acids is 1. The van der Waals surface area contributed by atoms with Crippen LogP contribution in [0, 0.1) is 0 Å². The first-order chi connectivity index (χ1) is 11.6. The predicted molar refractivity (Wildman–Crippen MR) is 83.2 cm³/mol. The number of amides is 2. The van der Waals surface area contributed by atoms with Gasteiger partial charge in [-0.25, -0.2) is 0 Å². The Morgan fingerprint density at radius 3 is 2.46 bits per heavy atom. The number of hydrogen-bond acceptors (Lipinski definition) is 5. The molecule has 1 aromatic heterocycles. The molecule has 0 saturated carbocycles. The molecular formula is C17H15N2O5-. The van der Waals surface area contributed by atoms with Crippen molar-refractivity contribution in [2.45, 2.75) is 6.42 Å². The lowest BCUT2D eigenvalue weighted by atomic mass is 10.2. The van der Waals surface area contributed by atoms with Crippen LogP contribution >= 0.6 is 0 Å². The molecule has 24 heavy (non-hydrogen) atoms. The standard InChI is InChI=1S/C17H16N2O5/c20-15(21)8-9-18-16(22)13(11-12-5-2-1-3-6-12)19-17(23)14-7-4-10-24-14/h1-7,10-11H,8-9H2,(H,18,22)(H,19,23)(H,20,21)/p-1/b13-11-. The quantitative estimate of drug-likeness (QED) is 0.711. The fourth-order valence-electron chi connectivity index (χ4n) is 1.84. The summed E-state index contributed by atoms with van der Waals surface area (Å²) in [6.45, 7) is -0.107. The van der Waals surface area contributed by atoms with Crippen LogP contribution in [0.4, 0.5) is 0 Å². The predicted octanol–water partition coefficient (Wildman–Crippen LogP) is 0.307. The van der Waals surface area contributed by atoms with Crippen molar-refractivity contribution >= 4 is 23.9 Å². The smallest absolute Gasteiger partial charge is 0.291 e. The van der Waals surface area contributed by atoms with Gasteiger partial charge in [0.15, 0.2) is 5.76 Å². The van der Waals surface area contributed by atoms with E-state index in [-0.39, 0.29) is 24.4 Å². The number of carboxylic acid groups (broad SMARTS) is 1. The zero-order valence-electron chi connectivity index (χ0n) is 12.7. The van der Waals surface area contributed by atoms with Gasteiger partial charge in [-0.1, -0.05) is 30.3 Å². The molecule has 0 spiro atoms. The van der Waals surface area contributed by atoms with Gasteiger partial charge >= 0.3 is 0 Å². The Morgan fingerprint density at radius 1 is 1.08 bits per heavy atom. The van der Waals surface area contributed by atoms with Crippen LogP contribution < -0.4 is 15.7 Å². The van der Waals surface area contributed by atoms with Crippen LogP contribution in [0.15, 0.2) is 58.8 Å². The minimum atomic E-state index is -1.27. The Morgan fingerprint density at radius 2 is 1.83 bits per heavy atom. The molecule has 2 rings (SSSR count). The van der Waals surface area contributed by atoms with E-state index in [2.05, 4.69) is 10.6 Å². The van der Waals surface area contributed by atoms with E-state index in [9.17, 15) is 19.5 Å². The lowest BCUT2D eigenvalue weighted by molar-refractivity contribution is -0.305. The first-order valence-corrected chi connectivity index (χ1v) is 7.16. The van der Waals surface area contributed by atoms with Gasteiger partial charge in [-0.05, 0) is 23.8 Å². The van der Waals surface area contributed by atoms with E-state index >= 15 is 0 Å². The van der Waals surface area contributed by atoms with Crippen molar-refractivity contribution in [3.05, 3.63) is 65.7 Å². The third-order valence-corrected chi connectivity index (χ3v) is 2.96. The molecule has 7 nitrogen and oxygen atoms in total. The van der Waals surface area contributed by atoms with Crippen LogP contribution in [0.5, 0.6) is 0 Å². The fraction of sp³-hybridized carbons (Fsp3) is 0.118. The number of carboxylic acids is 1. The monoisotopic (exact) mass is 327 g/mol. The molecule has 2 amide bonds. The highest BCUT2D eigenvalue weighted by Crippen LogP contribution is 2.07. The van der Waals surface area contributed by atoms with E-state index in [0.717, 1.165) is 0 Å². The zero-order valence-corrected chi connectivity index (χ0v) is 12.7. The highest BCUT2D eigenvalue weighted by molar-refractivity contribution is 6.04. The van der Waals surface area contributed by atoms with E-state index in [0.29, 0.717) is 5.56 Å². The molecule has 0 aliphatic heterocycles. The molecule has 2 aromatic rings. The Hall–Kier alpha value is -3.35. The molecule has 7 heteroatoms. The zero-order chi connectivity index (χ0) is 17.4. The molecule has 1 aromatic carbocycles. The Labute approximate surface area is 138 Å². The minimum Gasteiger partial charge on any atom is -0.550 e. The lowest BCUT2D eigenvalue weighted by Gasteiger charge is -2.10. The summed E-state index contributed by atoms with van der Waals surface area (Å²) in [6, 6.07) is 11.9. The SMILES string of the molecule is O=C([O-])CCNC(=O)/C(=C/c1ccccc1)NC(=O)c1ccco1. The summed E-state index contributed by atoms with van der Waals surface area (Å²) in [5.41, 5.74) is 0.670. The lowest BCUT2D eigenvalue weighted by Crippen LogP contribution is -2.37. The second kappa shape index (κ2) is 8.33. The molecule has 0 bridgehead atoms. The van der Waals surface area contributed by atoms with E-state index < -0.39 is 17.8 Å². The number of nitrogens with one attached hydrogen (secondary N) is 2. The van der Waals surface area contributed by atoms with Crippen LogP contribution in [0.2, 0.25) is 0 Å². The number of benzene rings is 1. The van der Waals surface area contributed by atoms with Gasteiger partial charge in [0.2, 0.25) is 0 Å². The Bertz CT molecular complexity index is 736. The van der Waals surface area contributed by atoms with Gasteiger partial charge in [-0.15, -0.1) is 0 Å². The summed E-state index contributed by atoms with van der Waals surface area (Å²) in [6.07, 6.45) is 2.50. The second-order valence-corrected chi connectivity index (χ2v) is 4.78. The van der Waals surface area contributed by atoms with Crippen molar-refractivity contribution in [1.82, 2.24) is 10.6 Å². The van der Waals surface area contributed by atoms with Crippen molar-refractivity contribution in [3.8, 4) is 0 Å². The summed E-state index contributed by atoms with van der Waals surface area (Å²) in [5.74, 6) is -2.42. The van der Waals surface area contributed by atoms with Gasteiger partial charge in [0.1, 0.15) is 5.70 Å². The molecule has 0 aliphatic rings. The average molecular weight is 327 g/mol. The number of furan rings is 1. The van der Waals surface area contributed by atoms with Crippen molar-refractivity contribution in [3.63, 3.8) is 0 Å². The van der Waals surface area contributed by atoms with E-state index in [1.165, 1.54) is 18.4 Å². The molecular weight excluding hydrogens is 312 g/mol. The van der Waals surface area contributed by atoms with Gasteiger partial charge in [0, 0.05) is 18.9 Å². The average Bonchev–Trinajstić information content (AvgIpc) is 3.09. The van der Waals surface area contributed by atoms with Crippen LogP contribution in [0.3, 0.4) is 0 Å². The summed E-state index contributed by atoms with van der Waals surface area (Å²) in [7, 11) is 0. The van der Waals surface area contributed by atoms with Crippen LogP contribution in [0.1, 0.15) is 22.5 Å². The fourth-order valence-corrected chi connectivity index (χ4v) is 1.84. The highest BCUT2D eigenvalue weighted by Gasteiger charge is 2.15. The molecule has 0 saturated heterocycles. The Balaban J connectivity index is 2.14. The summed E-state index contributed by atoms with van der Waals surface area (Å²) in [4.78, 5) is 34.7. The normalized spacial score (nSPS) is 10.9. The summed E-state index contributed by atoms with van der Waals surface area (Å²) < 4.78 is 4.98. The minimum absolute atomic E-state index is 0.0269. The molecule has 0 atom stereocenters. The second-order valence-electron chi connectivity index (χ2n) is 4.78. The summed E-state index contributed by atoms with van der Waals surface area (Å²) >= 11 is 0. The van der Waals surface area contributed by atoms with Crippen LogP contribution in [0.25, 0.3) is 6.08 Å². The molecule has 0 fully saturated rings. The molecule has 0 aliphatic carbocycles. The maximum atomic E-state index is 12.2. The van der Waals surface area contributed by atoms with Gasteiger partial charge < -0.3 is 25.0 Å². The van der Waals surface area contributed by atoms with Gasteiger partial charge in [0.25, 0.3) is 11.8 Å². The topological polar surface area (TPSA) is 111 Å². The highest BCUT2D eigenvalue weighted by atomic mass is 16.4. The van der Waals surface area contributed by atoms with Gasteiger partial charge in [0.05, 0.1) is 6.26 Å². The number of rotatable bonds is 7. The molecule has 2 N–H and O–H groups in total. The molecule has 0 radical (unpaired) electrons. The third kappa shape index (κ3) is 5.13. The van der Waals surface area contributed by atoms with Crippen molar-refractivity contribution in [1.29, 1.82) is 0 Å². The molecule has 0 unspecified atom stereocenters. The van der Waals surface area contributed by atoms with E-state index in [4.69, 9.17) is 4.42 Å². The van der Waals surface area contributed by atoms with Gasteiger partial charge in [-0.3, -0.25) is 9.59 Å². The number of hydrogen-bond donors (Lipinski definition) is 2. The number of carbonyl (C=O) groups is 3. The first-order valence-electron chi connectivity index (χ1n) is 7.16. The van der Waals surface area contributed by atoms with Crippen molar-refractivity contribution in [2.24, 2.45) is 0 Å². The maximum absolute atomic E-state index is 12.2. The first kappa shape index (κ1) is 17.0. The number of carbonyl (C=O) groups excluding carboxylic acids is 3. The van der Waals surface area contributed by atoms with Gasteiger partial charge in [-0.2, -0.15) is 0 Å². The van der Waals surface area contributed by atoms with Crippen molar-refractivity contribution in [2.75, 3.05) is 6.54 Å². The molecule has 124 valence electrons. The van der Waals surface area contributed by atoms with Crippen LogP contribution in [-0.2, 0) is 9.59 Å². The third-order valence-electron chi connectivity index (χ3n) is 2.96. The van der Waals surface area contributed by atoms with Crippen molar-refractivity contribution < 1.29 is 23.9 Å².